The van der Waals surface area contributed by atoms with Crippen LogP contribution in [0.4, 0.5) is 0 Å². The Balaban J connectivity index is 1.89. The van der Waals surface area contributed by atoms with E-state index in [0.717, 1.165) is 20.9 Å². The maximum absolute atomic E-state index is 6.04. The third-order valence-corrected chi connectivity index (χ3v) is 5.30. The van der Waals surface area contributed by atoms with Crippen LogP contribution < -0.4 is 4.74 Å². The Kier molecular flexibility index (Phi) is 3.24. The van der Waals surface area contributed by atoms with Crippen LogP contribution in [0.1, 0.15) is 0 Å². The van der Waals surface area contributed by atoms with Gasteiger partial charge in [-0.25, -0.2) is 0 Å². The van der Waals surface area contributed by atoms with E-state index in [2.05, 4.69) is 46.3 Å². The van der Waals surface area contributed by atoms with E-state index in [4.69, 9.17) is 4.74 Å². The Morgan fingerprint density at radius 1 is 0.714 bits per heavy atom. The lowest BCUT2D eigenvalue weighted by Gasteiger charge is -2.22. The Hall–Kier alpha value is -1.71. The average Bonchev–Trinajstić information content (AvgIpc) is 2.53. The molecule has 1 heterocycles. The smallest absolute Gasteiger partial charge is 0.142 e. The Labute approximate surface area is 136 Å². The normalized spacial score (nSPS) is 12.2. The average molecular weight is 355 g/mol. The van der Waals surface area contributed by atoms with Gasteiger partial charge in [0, 0.05) is 10.0 Å². The van der Waals surface area contributed by atoms with E-state index < -0.39 is 0 Å². The third-order valence-electron chi connectivity index (χ3n) is 3.42. The van der Waals surface area contributed by atoms with Gasteiger partial charge in [-0.2, -0.15) is 0 Å². The first-order valence-electron chi connectivity index (χ1n) is 6.65. The molecule has 3 aromatic rings. The fourth-order valence-corrected chi connectivity index (χ4v) is 4.01. The summed E-state index contributed by atoms with van der Waals surface area (Å²) in [6, 6.07) is 22.6. The van der Waals surface area contributed by atoms with Crippen LogP contribution in [-0.2, 0) is 0 Å². The zero-order valence-corrected chi connectivity index (χ0v) is 13.4. The van der Waals surface area contributed by atoms with E-state index in [-0.39, 0.29) is 0 Å². The molecule has 0 spiro atoms. The van der Waals surface area contributed by atoms with Crippen LogP contribution in [0.2, 0.25) is 0 Å². The van der Waals surface area contributed by atoms with Crippen LogP contribution in [0.15, 0.2) is 81.0 Å². The monoisotopic (exact) mass is 354 g/mol. The standard InChI is InChI=1S/C18H11BrOS/c19-14-8-2-1-6-12(14)13-7-5-10-16-18(13)21-17-11-4-3-9-15(17)20-16/h1-11H. The molecule has 1 aliphatic rings. The van der Waals surface area contributed by atoms with Gasteiger partial charge in [-0.05, 0) is 29.8 Å². The number of fused-ring (bicyclic) bond motifs is 2. The predicted octanol–water partition coefficient (Wildman–Crippen LogP) is 6.37. The number of rotatable bonds is 1. The van der Waals surface area contributed by atoms with E-state index in [9.17, 15) is 0 Å². The summed E-state index contributed by atoms with van der Waals surface area (Å²) >= 11 is 5.41. The van der Waals surface area contributed by atoms with Crippen molar-refractivity contribution in [1.82, 2.24) is 0 Å². The van der Waals surface area contributed by atoms with Crippen molar-refractivity contribution in [3.05, 3.63) is 71.2 Å². The molecule has 21 heavy (non-hydrogen) atoms. The van der Waals surface area contributed by atoms with Crippen LogP contribution in [-0.4, -0.2) is 0 Å². The molecule has 0 saturated carbocycles. The summed E-state index contributed by atoms with van der Waals surface area (Å²) in [5.74, 6) is 1.85. The fourth-order valence-electron chi connectivity index (χ4n) is 2.44. The zero-order chi connectivity index (χ0) is 14.2. The predicted molar refractivity (Wildman–Crippen MR) is 90.2 cm³/mol. The molecule has 0 aliphatic carbocycles. The van der Waals surface area contributed by atoms with Crippen molar-refractivity contribution in [2.24, 2.45) is 0 Å². The minimum atomic E-state index is 0.923. The Bertz CT molecular complexity index is 829. The summed E-state index contributed by atoms with van der Waals surface area (Å²) < 4.78 is 7.14. The first kappa shape index (κ1) is 13.0. The van der Waals surface area contributed by atoms with E-state index >= 15 is 0 Å². The largest absolute Gasteiger partial charge is 0.455 e. The van der Waals surface area contributed by atoms with Gasteiger partial charge in [-0.3, -0.25) is 0 Å². The highest BCUT2D eigenvalue weighted by atomic mass is 79.9. The molecule has 3 heteroatoms. The molecule has 4 rings (SSSR count). The first-order chi connectivity index (χ1) is 10.3. The molecule has 0 radical (unpaired) electrons. The van der Waals surface area contributed by atoms with Gasteiger partial charge in [0.05, 0.1) is 9.79 Å². The van der Waals surface area contributed by atoms with Gasteiger partial charge >= 0.3 is 0 Å². The van der Waals surface area contributed by atoms with Crippen LogP contribution in [0, 0.1) is 0 Å². The van der Waals surface area contributed by atoms with Crippen LogP contribution in [0.5, 0.6) is 11.5 Å². The van der Waals surface area contributed by atoms with Gasteiger partial charge < -0.3 is 4.74 Å². The third kappa shape index (κ3) is 2.27. The highest BCUT2D eigenvalue weighted by Gasteiger charge is 2.21. The molecule has 102 valence electrons. The number of hydrogen-bond acceptors (Lipinski definition) is 2. The first-order valence-corrected chi connectivity index (χ1v) is 8.26. The summed E-state index contributed by atoms with van der Waals surface area (Å²) in [6.45, 7) is 0. The molecule has 0 amide bonds. The summed E-state index contributed by atoms with van der Waals surface area (Å²) in [7, 11) is 0. The number of halogens is 1. The molecule has 0 N–H and O–H groups in total. The lowest BCUT2D eigenvalue weighted by molar-refractivity contribution is 0.455. The van der Waals surface area contributed by atoms with Crippen molar-refractivity contribution >= 4 is 27.7 Å². The molecule has 3 aromatic carbocycles. The second kappa shape index (κ2) is 5.24. The molecular weight excluding hydrogens is 344 g/mol. The van der Waals surface area contributed by atoms with Crippen molar-refractivity contribution < 1.29 is 4.74 Å². The van der Waals surface area contributed by atoms with Crippen LogP contribution >= 0.6 is 27.7 Å². The number of para-hydroxylation sites is 1. The topological polar surface area (TPSA) is 9.23 Å². The number of hydrogen-bond donors (Lipinski definition) is 0. The minimum absolute atomic E-state index is 0.923. The van der Waals surface area contributed by atoms with Crippen molar-refractivity contribution in [2.75, 3.05) is 0 Å². The summed E-state index contributed by atoms with van der Waals surface area (Å²) in [6.07, 6.45) is 0. The summed E-state index contributed by atoms with van der Waals surface area (Å²) in [5.41, 5.74) is 2.38. The van der Waals surface area contributed by atoms with Gasteiger partial charge in [-0.1, -0.05) is 70.2 Å². The molecule has 1 aliphatic heterocycles. The molecular formula is C18H11BrOS. The second-order valence-corrected chi connectivity index (χ2v) is 6.67. The molecule has 0 fully saturated rings. The molecule has 0 unspecified atom stereocenters. The van der Waals surface area contributed by atoms with Gasteiger partial charge in [0.2, 0.25) is 0 Å². The molecule has 0 saturated heterocycles. The van der Waals surface area contributed by atoms with Gasteiger partial charge in [0.1, 0.15) is 11.5 Å². The maximum atomic E-state index is 6.04. The summed E-state index contributed by atoms with van der Waals surface area (Å²) in [5, 5.41) is 0. The summed E-state index contributed by atoms with van der Waals surface area (Å²) in [4.78, 5) is 2.33. The molecule has 0 bridgehead atoms. The van der Waals surface area contributed by atoms with E-state index in [0.29, 0.717) is 0 Å². The second-order valence-electron chi connectivity index (χ2n) is 4.76. The van der Waals surface area contributed by atoms with Crippen LogP contribution in [0.3, 0.4) is 0 Å². The van der Waals surface area contributed by atoms with Crippen molar-refractivity contribution in [2.45, 2.75) is 9.79 Å². The lowest BCUT2D eigenvalue weighted by Crippen LogP contribution is -1.96. The number of ether oxygens (including phenoxy) is 1. The van der Waals surface area contributed by atoms with Crippen LogP contribution in [0.25, 0.3) is 11.1 Å². The van der Waals surface area contributed by atoms with Crippen molar-refractivity contribution in [1.29, 1.82) is 0 Å². The van der Waals surface area contributed by atoms with Crippen molar-refractivity contribution in [3.8, 4) is 22.6 Å². The zero-order valence-electron chi connectivity index (χ0n) is 11.0. The molecule has 0 aromatic heterocycles. The van der Waals surface area contributed by atoms with Gasteiger partial charge in [0.15, 0.2) is 0 Å². The van der Waals surface area contributed by atoms with Crippen molar-refractivity contribution in [3.63, 3.8) is 0 Å². The van der Waals surface area contributed by atoms with E-state index in [1.165, 1.54) is 16.0 Å². The quantitative estimate of drug-likeness (QED) is 0.392. The Morgan fingerprint density at radius 2 is 1.43 bits per heavy atom. The SMILES string of the molecule is Brc1ccccc1-c1cccc2c1Sc1ccccc1O2. The minimum Gasteiger partial charge on any atom is -0.455 e. The van der Waals surface area contributed by atoms with E-state index in [1.54, 1.807) is 11.8 Å². The van der Waals surface area contributed by atoms with Gasteiger partial charge in [-0.15, -0.1) is 0 Å². The highest BCUT2D eigenvalue weighted by molar-refractivity contribution is 9.10. The Morgan fingerprint density at radius 3 is 2.33 bits per heavy atom. The van der Waals surface area contributed by atoms with Gasteiger partial charge in [0.25, 0.3) is 0 Å². The lowest BCUT2D eigenvalue weighted by atomic mass is 10.1. The number of benzene rings is 3. The molecule has 1 nitrogen and oxygen atoms in total. The fraction of sp³-hybridized carbons (Fsp3) is 0. The maximum Gasteiger partial charge on any atom is 0.142 e. The molecule has 0 atom stereocenters. The van der Waals surface area contributed by atoms with E-state index in [1.807, 2.05) is 36.4 Å². The highest BCUT2D eigenvalue weighted by Crippen LogP contribution is 2.51.